The van der Waals surface area contributed by atoms with E-state index in [0.717, 1.165) is 0 Å². The van der Waals surface area contributed by atoms with E-state index in [1.807, 2.05) is 0 Å². The van der Waals surface area contributed by atoms with E-state index in [-0.39, 0.29) is 12.3 Å². The summed E-state index contributed by atoms with van der Waals surface area (Å²) >= 11 is 0. The maximum Gasteiger partial charge on any atom is 0.328 e. The number of carbonyl (C=O) groups excluding carboxylic acids is 2. The zero-order valence-corrected chi connectivity index (χ0v) is 10.5. The van der Waals surface area contributed by atoms with Gasteiger partial charge in [0.2, 0.25) is 5.91 Å². The molecular weight excluding hydrogens is 274 g/mol. The lowest BCUT2D eigenvalue weighted by molar-refractivity contribution is -0.287. The van der Waals surface area contributed by atoms with E-state index in [4.69, 9.17) is 9.47 Å². The normalized spacial score (nSPS) is 41.3. The van der Waals surface area contributed by atoms with Crippen LogP contribution in [0, 0.1) is 0 Å². The number of hydrogen-bond donors (Lipinski definition) is 5. The number of amides is 1. The van der Waals surface area contributed by atoms with Crippen LogP contribution in [0.25, 0.3) is 0 Å². The van der Waals surface area contributed by atoms with E-state index in [1.54, 1.807) is 0 Å². The largest absolute Gasteiger partial charge is 0.461 e. The SMILES string of the molecule is O=C1CC[C@@H](C(=O)OC[C@H]2O[C@@H](O)[C@H](O)[C@@H](O)[C@@H]2O)N1. The van der Waals surface area contributed by atoms with Gasteiger partial charge in [-0.3, -0.25) is 4.79 Å². The molecule has 9 nitrogen and oxygen atoms in total. The van der Waals surface area contributed by atoms with Crippen LogP contribution < -0.4 is 5.32 Å². The van der Waals surface area contributed by atoms with Crippen molar-refractivity contribution in [1.82, 2.24) is 5.32 Å². The van der Waals surface area contributed by atoms with Crippen molar-refractivity contribution < 1.29 is 39.5 Å². The second-order valence-corrected chi connectivity index (χ2v) is 4.83. The smallest absolute Gasteiger partial charge is 0.328 e. The van der Waals surface area contributed by atoms with Crippen molar-refractivity contribution in [3.8, 4) is 0 Å². The summed E-state index contributed by atoms with van der Waals surface area (Å²) in [6, 6.07) is -0.733. The highest BCUT2D eigenvalue weighted by atomic mass is 16.6. The zero-order chi connectivity index (χ0) is 14.9. The third-order valence-electron chi connectivity index (χ3n) is 3.36. The molecule has 0 bridgehead atoms. The van der Waals surface area contributed by atoms with Crippen LogP contribution in [0.15, 0.2) is 0 Å². The van der Waals surface area contributed by atoms with Gasteiger partial charge in [-0.05, 0) is 6.42 Å². The Hall–Kier alpha value is -1.26. The molecule has 2 aliphatic rings. The summed E-state index contributed by atoms with van der Waals surface area (Å²) in [7, 11) is 0. The van der Waals surface area contributed by atoms with Gasteiger partial charge in [0.15, 0.2) is 6.29 Å². The number of aliphatic hydroxyl groups is 4. The van der Waals surface area contributed by atoms with Crippen LogP contribution in [-0.4, -0.2) is 75.7 Å². The Kier molecular flexibility index (Phi) is 4.55. The van der Waals surface area contributed by atoms with Gasteiger partial charge < -0.3 is 35.2 Å². The van der Waals surface area contributed by atoms with Crippen molar-refractivity contribution in [2.45, 2.75) is 49.6 Å². The van der Waals surface area contributed by atoms with Crippen molar-refractivity contribution in [3.05, 3.63) is 0 Å². The molecule has 0 aromatic carbocycles. The second kappa shape index (κ2) is 6.02. The minimum atomic E-state index is -1.68. The quantitative estimate of drug-likeness (QED) is 0.338. The summed E-state index contributed by atoms with van der Waals surface area (Å²) < 4.78 is 9.72. The molecule has 6 atom stereocenters. The van der Waals surface area contributed by atoms with E-state index in [9.17, 15) is 30.0 Å². The first-order chi connectivity index (χ1) is 9.40. The van der Waals surface area contributed by atoms with Gasteiger partial charge in [-0.25, -0.2) is 4.79 Å². The van der Waals surface area contributed by atoms with Gasteiger partial charge >= 0.3 is 5.97 Å². The molecule has 20 heavy (non-hydrogen) atoms. The molecule has 0 saturated carbocycles. The Morgan fingerprint density at radius 2 is 1.95 bits per heavy atom. The Morgan fingerprint density at radius 1 is 1.25 bits per heavy atom. The van der Waals surface area contributed by atoms with Crippen molar-refractivity contribution in [2.75, 3.05) is 6.61 Å². The second-order valence-electron chi connectivity index (χ2n) is 4.83. The van der Waals surface area contributed by atoms with Gasteiger partial charge in [-0.15, -0.1) is 0 Å². The lowest BCUT2D eigenvalue weighted by Crippen LogP contribution is -2.58. The molecule has 5 N–H and O–H groups in total. The molecule has 9 heteroatoms. The van der Waals surface area contributed by atoms with E-state index in [2.05, 4.69) is 5.32 Å². The molecule has 0 radical (unpaired) electrons. The van der Waals surface area contributed by atoms with Gasteiger partial charge in [-0.2, -0.15) is 0 Å². The van der Waals surface area contributed by atoms with E-state index >= 15 is 0 Å². The van der Waals surface area contributed by atoms with Crippen molar-refractivity contribution in [2.24, 2.45) is 0 Å². The molecule has 0 aromatic rings. The molecule has 1 amide bonds. The molecule has 0 spiro atoms. The maximum atomic E-state index is 11.6. The van der Waals surface area contributed by atoms with Crippen LogP contribution in [0.5, 0.6) is 0 Å². The molecule has 0 unspecified atom stereocenters. The molecule has 2 rings (SSSR count). The average Bonchev–Trinajstić information content (AvgIpc) is 2.85. The molecule has 2 aliphatic heterocycles. The predicted molar refractivity (Wildman–Crippen MR) is 61.0 cm³/mol. The Morgan fingerprint density at radius 3 is 2.55 bits per heavy atom. The number of nitrogens with one attached hydrogen (secondary N) is 1. The van der Waals surface area contributed by atoms with Gasteiger partial charge in [0, 0.05) is 6.42 Å². The summed E-state index contributed by atoms with van der Waals surface area (Å²) in [6.45, 7) is -0.410. The van der Waals surface area contributed by atoms with Gasteiger partial charge in [0.25, 0.3) is 0 Å². The Balaban J connectivity index is 1.84. The lowest BCUT2D eigenvalue weighted by atomic mass is 9.99. The summed E-state index contributed by atoms with van der Waals surface area (Å²) in [5, 5.41) is 40.1. The number of carbonyl (C=O) groups is 2. The van der Waals surface area contributed by atoms with E-state index < -0.39 is 49.3 Å². The minimum absolute atomic E-state index is 0.241. The van der Waals surface area contributed by atoms with Crippen LogP contribution in [0.3, 0.4) is 0 Å². The number of esters is 1. The fourth-order valence-electron chi connectivity index (χ4n) is 2.12. The van der Waals surface area contributed by atoms with Crippen LogP contribution in [0.1, 0.15) is 12.8 Å². The standard InChI is InChI=1S/C11H17NO8/c13-6-2-1-4(12-6)10(17)19-3-5-7(14)8(15)9(16)11(18)20-5/h4-5,7-9,11,14-16,18H,1-3H2,(H,12,13)/t4-,5+,7+,8-,9+,11+/m0/s1. The highest BCUT2D eigenvalue weighted by molar-refractivity contribution is 5.88. The maximum absolute atomic E-state index is 11.6. The van der Waals surface area contributed by atoms with Crippen molar-refractivity contribution in [1.29, 1.82) is 0 Å². The summed E-state index contributed by atoms with van der Waals surface area (Å²) in [6.07, 6.45) is -7.01. The minimum Gasteiger partial charge on any atom is -0.461 e. The lowest BCUT2D eigenvalue weighted by Gasteiger charge is -2.37. The topological polar surface area (TPSA) is 146 Å². The number of aliphatic hydroxyl groups excluding tert-OH is 4. The zero-order valence-electron chi connectivity index (χ0n) is 10.5. The molecule has 2 fully saturated rings. The third kappa shape index (κ3) is 3.07. The molecule has 0 aliphatic carbocycles. The Labute approximate surface area is 114 Å². The van der Waals surface area contributed by atoms with Crippen LogP contribution in [0.4, 0.5) is 0 Å². The third-order valence-corrected chi connectivity index (χ3v) is 3.36. The molecule has 114 valence electrons. The number of hydrogen-bond acceptors (Lipinski definition) is 8. The highest BCUT2D eigenvalue weighted by Crippen LogP contribution is 2.20. The fraction of sp³-hybridized carbons (Fsp3) is 0.818. The van der Waals surface area contributed by atoms with E-state index in [0.29, 0.717) is 6.42 Å². The van der Waals surface area contributed by atoms with Crippen LogP contribution >= 0.6 is 0 Å². The first kappa shape index (κ1) is 15.1. The summed E-state index contributed by atoms with van der Waals surface area (Å²) in [5.41, 5.74) is 0. The van der Waals surface area contributed by atoms with Crippen molar-refractivity contribution in [3.63, 3.8) is 0 Å². The van der Waals surface area contributed by atoms with Crippen LogP contribution in [-0.2, 0) is 19.1 Å². The molecular formula is C11H17NO8. The molecule has 2 heterocycles. The molecule has 0 aromatic heterocycles. The Bertz CT molecular complexity index is 389. The average molecular weight is 291 g/mol. The monoisotopic (exact) mass is 291 g/mol. The van der Waals surface area contributed by atoms with Gasteiger partial charge in [-0.1, -0.05) is 0 Å². The van der Waals surface area contributed by atoms with Crippen LogP contribution in [0.2, 0.25) is 0 Å². The van der Waals surface area contributed by atoms with E-state index in [1.165, 1.54) is 0 Å². The first-order valence-electron chi connectivity index (χ1n) is 6.24. The highest BCUT2D eigenvalue weighted by Gasteiger charge is 2.43. The number of rotatable bonds is 3. The number of ether oxygens (including phenoxy) is 2. The first-order valence-corrected chi connectivity index (χ1v) is 6.24. The summed E-state index contributed by atoms with van der Waals surface area (Å²) in [4.78, 5) is 22.6. The summed E-state index contributed by atoms with van der Waals surface area (Å²) in [5.74, 6) is -0.920. The predicted octanol–water partition coefficient (Wildman–Crippen LogP) is -3.39. The van der Waals surface area contributed by atoms with Crippen molar-refractivity contribution >= 4 is 11.9 Å². The van der Waals surface area contributed by atoms with Gasteiger partial charge in [0.05, 0.1) is 0 Å². The fourth-order valence-corrected chi connectivity index (χ4v) is 2.12. The van der Waals surface area contributed by atoms with Gasteiger partial charge in [0.1, 0.15) is 37.1 Å². The molecule has 2 saturated heterocycles.